The summed E-state index contributed by atoms with van der Waals surface area (Å²) in [5, 5.41) is 5.93. The van der Waals surface area contributed by atoms with Crippen LogP contribution in [0.3, 0.4) is 0 Å². The number of amides is 1. The van der Waals surface area contributed by atoms with Gasteiger partial charge in [-0.05, 0) is 18.7 Å². The molecule has 0 aliphatic heterocycles. The lowest BCUT2D eigenvalue weighted by molar-refractivity contribution is -0.116. The Labute approximate surface area is 110 Å². The van der Waals surface area contributed by atoms with Gasteiger partial charge in [-0.2, -0.15) is 0 Å². The molecule has 5 heteroatoms. The highest BCUT2D eigenvalue weighted by Gasteiger charge is 2.04. The van der Waals surface area contributed by atoms with Crippen LogP contribution in [0.2, 0.25) is 0 Å². The summed E-state index contributed by atoms with van der Waals surface area (Å²) in [4.78, 5) is 11.6. The van der Waals surface area contributed by atoms with Crippen molar-refractivity contribution in [2.75, 3.05) is 25.5 Å². The molecule has 0 aromatic heterocycles. The largest absolute Gasteiger partial charge is 0.497 e. The Morgan fingerprint density at radius 1 is 1.41 bits per heavy atom. The Kier molecular flexibility index (Phi) is 6.00. The van der Waals surface area contributed by atoms with Crippen molar-refractivity contribution in [1.29, 1.82) is 0 Å². The van der Waals surface area contributed by atoms with Crippen molar-refractivity contribution in [2.24, 2.45) is 0 Å². The standard InChI is InChI=1S/C12H17BrN2O2/c1-3-14-5-4-12(16)15-10-6-9(13)7-11(8-10)17-2/h6-8,14H,3-5H2,1-2H3,(H,15,16). The number of carbonyl (C=O) groups is 1. The minimum absolute atomic E-state index is 0.00824. The van der Waals surface area contributed by atoms with Gasteiger partial charge in [0.2, 0.25) is 5.91 Å². The van der Waals surface area contributed by atoms with Gasteiger partial charge in [-0.3, -0.25) is 4.79 Å². The van der Waals surface area contributed by atoms with Crippen molar-refractivity contribution in [3.05, 3.63) is 22.7 Å². The van der Waals surface area contributed by atoms with Crippen LogP contribution in [0.25, 0.3) is 0 Å². The van der Waals surface area contributed by atoms with Crippen molar-refractivity contribution >= 4 is 27.5 Å². The molecule has 2 N–H and O–H groups in total. The van der Waals surface area contributed by atoms with Gasteiger partial charge < -0.3 is 15.4 Å². The van der Waals surface area contributed by atoms with Crippen LogP contribution in [0.4, 0.5) is 5.69 Å². The number of nitrogens with one attached hydrogen (secondary N) is 2. The fourth-order valence-corrected chi connectivity index (χ4v) is 1.83. The first-order valence-electron chi connectivity index (χ1n) is 5.51. The third kappa shape index (κ3) is 5.19. The van der Waals surface area contributed by atoms with E-state index in [1.165, 1.54) is 0 Å². The molecule has 0 aliphatic rings. The van der Waals surface area contributed by atoms with Crippen molar-refractivity contribution in [2.45, 2.75) is 13.3 Å². The maximum Gasteiger partial charge on any atom is 0.225 e. The second kappa shape index (κ2) is 7.29. The van der Waals surface area contributed by atoms with Gasteiger partial charge in [0.25, 0.3) is 0 Å². The lowest BCUT2D eigenvalue weighted by atomic mass is 10.3. The van der Waals surface area contributed by atoms with E-state index in [4.69, 9.17) is 4.74 Å². The zero-order valence-electron chi connectivity index (χ0n) is 10.0. The monoisotopic (exact) mass is 300 g/mol. The number of halogens is 1. The Hall–Kier alpha value is -1.07. The van der Waals surface area contributed by atoms with Crippen LogP contribution >= 0.6 is 15.9 Å². The summed E-state index contributed by atoms with van der Waals surface area (Å²) >= 11 is 3.36. The molecule has 0 spiro atoms. The molecule has 0 aliphatic carbocycles. The molecular weight excluding hydrogens is 284 g/mol. The van der Waals surface area contributed by atoms with Gasteiger partial charge in [0, 0.05) is 29.2 Å². The topological polar surface area (TPSA) is 50.4 Å². The lowest BCUT2D eigenvalue weighted by Crippen LogP contribution is -2.21. The molecule has 1 aromatic rings. The van der Waals surface area contributed by atoms with Crippen LogP contribution in [0, 0.1) is 0 Å². The van der Waals surface area contributed by atoms with E-state index in [0.29, 0.717) is 18.7 Å². The quantitative estimate of drug-likeness (QED) is 0.793. The fraction of sp³-hybridized carbons (Fsp3) is 0.417. The molecule has 4 nitrogen and oxygen atoms in total. The van der Waals surface area contributed by atoms with Crippen molar-refractivity contribution in [3.8, 4) is 5.75 Å². The zero-order valence-corrected chi connectivity index (χ0v) is 11.6. The molecule has 0 radical (unpaired) electrons. The summed E-state index contributed by atoms with van der Waals surface area (Å²) < 4.78 is 6.00. The number of methoxy groups -OCH3 is 1. The van der Waals surface area contributed by atoms with Crippen LogP contribution in [0.5, 0.6) is 5.75 Å². The molecule has 0 fully saturated rings. The van der Waals surface area contributed by atoms with E-state index in [0.717, 1.165) is 16.7 Å². The molecule has 0 saturated heterocycles. The average Bonchev–Trinajstić information content (AvgIpc) is 2.28. The molecular formula is C12H17BrN2O2. The summed E-state index contributed by atoms with van der Waals surface area (Å²) in [5.74, 6) is 0.701. The van der Waals surface area contributed by atoms with Gasteiger partial charge in [0.15, 0.2) is 0 Å². The molecule has 0 bridgehead atoms. The Morgan fingerprint density at radius 3 is 2.82 bits per heavy atom. The molecule has 0 saturated carbocycles. The summed E-state index contributed by atoms with van der Waals surface area (Å²) in [7, 11) is 1.60. The van der Waals surface area contributed by atoms with Gasteiger partial charge in [-0.25, -0.2) is 0 Å². The zero-order chi connectivity index (χ0) is 12.7. The van der Waals surface area contributed by atoms with Crippen LogP contribution in [-0.2, 0) is 4.79 Å². The molecule has 0 atom stereocenters. The molecule has 17 heavy (non-hydrogen) atoms. The normalized spacial score (nSPS) is 10.1. The van der Waals surface area contributed by atoms with Crippen molar-refractivity contribution in [1.82, 2.24) is 5.32 Å². The first-order valence-corrected chi connectivity index (χ1v) is 6.30. The maximum absolute atomic E-state index is 11.6. The summed E-state index contributed by atoms with van der Waals surface area (Å²) in [6.45, 7) is 3.57. The minimum Gasteiger partial charge on any atom is -0.497 e. The molecule has 1 amide bonds. The summed E-state index contributed by atoms with van der Waals surface area (Å²) in [6.07, 6.45) is 0.461. The van der Waals surface area contributed by atoms with Crippen LogP contribution in [-0.4, -0.2) is 26.1 Å². The predicted molar refractivity (Wildman–Crippen MR) is 72.5 cm³/mol. The Morgan fingerprint density at radius 2 is 2.18 bits per heavy atom. The number of benzene rings is 1. The van der Waals surface area contributed by atoms with Crippen LogP contribution in [0.1, 0.15) is 13.3 Å². The third-order valence-corrected chi connectivity index (χ3v) is 2.63. The smallest absolute Gasteiger partial charge is 0.225 e. The molecule has 1 aromatic carbocycles. The van der Waals surface area contributed by atoms with E-state index in [2.05, 4.69) is 26.6 Å². The predicted octanol–water partition coefficient (Wildman–Crippen LogP) is 2.40. The second-order valence-electron chi connectivity index (χ2n) is 3.53. The van der Waals surface area contributed by atoms with Gasteiger partial charge >= 0.3 is 0 Å². The highest BCUT2D eigenvalue weighted by molar-refractivity contribution is 9.10. The van der Waals surface area contributed by atoms with E-state index in [-0.39, 0.29) is 5.91 Å². The number of hydrogen-bond donors (Lipinski definition) is 2. The van der Waals surface area contributed by atoms with E-state index in [1.807, 2.05) is 19.1 Å². The van der Waals surface area contributed by atoms with E-state index >= 15 is 0 Å². The Balaban J connectivity index is 2.55. The van der Waals surface area contributed by atoms with Gasteiger partial charge in [-0.15, -0.1) is 0 Å². The maximum atomic E-state index is 11.6. The lowest BCUT2D eigenvalue weighted by Gasteiger charge is -2.08. The second-order valence-corrected chi connectivity index (χ2v) is 4.45. The number of ether oxygens (including phenoxy) is 1. The molecule has 0 unspecified atom stereocenters. The fourth-order valence-electron chi connectivity index (χ4n) is 1.35. The summed E-state index contributed by atoms with van der Waals surface area (Å²) in [6, 6.07) is 5.47. The first-order chi connectivity index (χ1) is 8.15. The highest BCUT2D eigenvalue weighted by Crippen LogP contribution is 2.24. The molecule has 0 heterocycles. The number of rotatable bonds is 6. The first kappa shape index (κ1) is 14.0. The minimum atomic E-state index is -0.00824. The highest BCUT2D eigenvalue weighted by atomic mass is 79.9. The summed E-state index contributed by atoms with van der Waals surface area (Å²) in [5.41, 5.74) is 0.734. The van der Waals surface area contributed by atoms with E-state index in [9.17, 15) is 4.79 Å². The molecule has 94 valence electrons. The average molecular weight is 301 g/mol. The van der Waals surface area contributed by atoms with Gasteiger partial charge in [0.1, 0.15) is 5.75 Å². The Bertz CT molecular complexity index is 383. The SMILES string of the molecule is CCNCCC(=O)Nc1cc(Br)cc(OC)c1. The van der Waals surface area contributed by atoms with Crippen LogP contribution in [0.15, 0.2) is 22.7 Å². The van der Waals surface area contributed by atoms with E-state index in [1.54, 1.807) is 13.2 Å². The van der Waals surface area contributed by atoms with Crippen molar-refractivity contribution < 1.29 is 9.53 Å². The van der Waals surface area contributed by atoms with Gasteiger partial charge in [0.05, 0.1) is 7.11 Å². The molecule has 1 rings (SSSR count). The number of carbonyl (C=O) groups excluding carboxylic acids is 1. The van der Waals surface area contributed by atoms with Crippen molar-refractivity contribution in [3.63, 3.8) is 0 Å². The number of hydrogen-bond acceptors (Lipinski definition) is 3. The van der Waals surface area contributed by atoms with Crippen LogP contribution < -0.4 is 15.4 Å². The number of anilines is 1. The van der Waals surface area contributed by atoms with E-state index < -0.39 is 0 Å². The third-order valence-electron chi connectivity index (χ3n) is 2.17. The van der Waals surface area contributed by atoms with Gasteiger partial charge in [-0.1, -0.05) is 22.9 Å².